The molecule has 1 atom stereocenters. The summed E-state index contributed by atoms with van der Waals surface area (Å²) in [7, 11) is 0. The van der Waals surface area contributed by atoms with Gasteiger partial charge in [-0.05, 0) is 84.5 Å². The van der Waals surface area contributed by atoms with Crippen LogP contribution in [0.5, 0.6) is 5.75 Å². The van der Waals surface area contributed by atoms with E-state index in [1.54, 1.807) is 36.4 Å². The number of nitrogens with one attached hydrogen (secondary N) is 2. The van der Waals surface area contributed by atoms with Gasteiger partial charge in [0.15, 0.2) is 11.7 Å². The van der Waals surface area contributed by atoms with Crippen molar-refractivity contribution < 1.29 is 46.9 Å². The van der Waals surface area contributed by atoms with Crippen LogP contribution in [0.2, 0.25) is 0 Å². The predicted molar refractivity (Wildman–Crippen MR) is 186 cm³/mol. The van der Waals surface area contributed by atoms with E-state index in [-0.39, 0.29) is 29.2 Å². The third-order valence-electron chi connectivity index (χ3n) is 8.81. The van der Waals surface area contributed by atoms with E-state index in [9.17, 15) is 32.7 Å². The van der Waals surface area contributed by atoms with Crippen molar-refractivity contribution in [1.29, 1.82) is 0 Å². The molecule has 1 aliphatic rings. The number of aromatic nitrogens is 1. The third kappa shape index (κ3) is 8.87. The van der Waals surface area contributed by atoms with E-state index >= 15 is 0 Å². The van der Waals surface area contributed by atoms with Gasteiger partial charge in [0.1, 0.15) is 11.3 Å². The van der Waals surface area contributed by atoms with Gasteiger partial charge in [-0.3, -0.25) is 9.69 Å². The van der Waals surface area contributed by atoms with Gasteiger partial charge in [-0.1, -0.05) is 55.7 Å². The number of urea groups is 1. The minimum atomic E-state index is -5.00. The number of carboxylic acid groups (broad SMARTS) is 1. The van der Waals surface area contributed by atoms with Crippen LogP contribution in [0.15, 0.2) is 95.4 Å². The number of halogens is 3. The van der Waals surface area contributed by atoms with Crippen molar-refractivity contribution in [3.8, 4) is 17.2 Å². The van der Waals surface area contributed by atoms with Gasteiger partial charge in [-0.15, -0.1) is 13.2 Å². The van der Waals surface area contributed by atoms with Crippen LogP contribution in [0.4, 0.5) is 29.3 Å². The first kappa shape index (κ1) is 35.9. The van der Waals surface area contributed by atoms with Crippen molar-refractivity contribution in [2.75, 3.05) is 16.8 Å². The summed E-state index contributed by atoms with van der Waals surface area (Å²) in [6, 6.07) is 23.7. The molecule has 5 aromatic rings. The van der Waals surface area contributed by atoms with E-state index in [1.807, 2.05) is 24.3 Å². The van der Waals surface area contributed by atoms with Crippen LogP contribution < -0.4 is 20.3 Å². The highest BCUT2D eigenvalue weighted by Gasteiger charge is 2.33. The number of hydrogen-bond donors (Lipinski definition) is 4. The van der Waals surface area contributed by atoms with Crippen molar-refractivity contribution in [3.05, 3.63) is 108 Å². The SMILES string of the molecule is O=C(NC[C@@H](O)C(=O)O)c1ccc(CN(C(=O)Nc2ccc(OC(F)(F)F)c(-c3nc4ccccc4o3)c2)c2ccc(C3CCCCC3)cc2)cc1. The number of aliphatic hydroxyl groups is 1. The largest absolute Gasteiger partial charge is 0.573 e. The van der Waals surface area contributed by atoms with Crippen molar-refractivity contribution in [2.24, 2.45) is 0 Å². The maximum absolute atomic E-state index is 14.0. The normalized spacial score (nSPS) is 14.1. The van der Waals surface area contributed by atoms with Gasteiger partial charge in [-0.2, -0.15) is 0 Å². The second-order valence-corrected chi connectivity index (χ2v) is 12.4. The minimum absolute atomic E-state index is 0.0431. The van der Waals surface area contributed by atoms with E-state index in [2.05, 4.69) is 20.4 Å². The molecule has 11 nitrogen and oxygen atoms in total. The Kier molecular flexibility index (Phi) is 10.7. The Morgan fingerprint density at radius 2 is 1.65 bits per heavy atom. The molecule has 1 heterocycles. The summed E-state index contributed by atoms with van der Waals surface area (Å²) in [5.74, 6) is -2.31. The van der Waals surface area contributed by atoms with Crippen LogP contribution in [0, 0.1) is 0 Å². The number of benzene rings is 4. The van der Waals surface area contributed by atoms with Gasteiger partial charge in [-0.25, -0.2) is 14.6 Å². The summed E-state index contributed by atoms with van der Waals surface area (Å²) < 4.78 is 50.1. The summed E-state index contributed by atoms with van der Waals surface area (Å²) in [5.41, 5.74) is 3.38. The van der Waals surface area contributed by atoms with E-state index in [0.29, 0.717) is 28.3 Å². The first-order valence-electron chi connectivity index (χ1n) is 16.7. The highest BCUT2D eigenvalue weighted by molar-refractivity contribution is 6.02. The number of rotatable bonds is 11. The average molecular weight is 717 g/mol. The lowest BCUT2D eigenvalue weighted by molar-refractivity contribution is -0.274. The standard InChI is InChI=1S/C38H35F3N4O7/c39-38(40,41)52-32-19-16-27(20-29(32)35-44-30-8-4-5-9-33(30)51-35)43-37(50)45(28-17-14-25(15-18-28)24-6-2-1-3-7-24)22-23-10-12-26(13-11-23)34(47)42-21-31(46)36(48)49/h4-5,8-20,24,31,46H,1-3,6-7,21-22H2,(H,42,47)(H,43,50)(H,48,49)/t31-/m1/s1. The van der Waals surface area contributed by atoms with Crippen molar-refractivity contribution in [1.82, 2.24) is 10.3 Å². The summed E-state index contributed by atoms with van der Waals surface area (Å²) in [6.45, 7) is -0.431. The number of ether oxygens (including phenoxy) is 1. The van der Waals surface area contributed by atoms with Crippen molar-refractivity contribution >= 4 is 40.4 Å². The smallest absolute Gasteiger partial charge is 0.479 e. The molecule has 52 heavy (non-hydrogen) atoms. The number of amides is 3. The molecule has 3 amide bonds. The Labute approximate surface area is 296 Å². The number of carboxylic acids is 1. The van der Waals surface area contributed by atoms with Crippen LogP contribution in [-0.2, 0) is 11.3 Å². The lowest BCUT2D eigenvalue weighted by Gasteiger charge is -2.26. The second-order valence-electron chi connectivity index (χ2n) is 12.4. The summed E-state index contributed by atoms with van der Waals surface area (Å²) in [5, 5.41) is 23.5. The molecule has 0 unspecified atom stereocenters. The molecule has 0 saturated heterocycles. The van der Waals surface area contributed by atoms with Crippen LogP contribution >= 0.6 is 0 Å². The fraction of sp³-hybridized carbons (Fsp3) is 0.263. The predicted octanol–water partition coefficient (Wildman–Crippen LogP) is 7.86. The molecular formula is C38H35F3N4O7. The fourth-order valence-corrected chi connectivity index (χ4v) is 6.13. The first-order chi connectivity index (χ1) is 24.9. The minimum Gasteiger partial charge on any atom is -0.479 e. The topological polar surface area (TPSA) is 154 Å². The zero-order valence-corrected chi connectivity index (χ0v) is 27.7. The number of nitrogens with zero attached hydrogens (tertiary/aromatic N) is 2. The molecule has 0 radical (unpaired) electrons. The van der Waals surface area contributed by atoms with Gasteiger partial charge in [0.25, 0.3) is 5.91 Å². The summed E-state index contributed by atoms with van der Waals surface area (Å²) >= 11 is 0. The zero-order valence-electron chi connectivity index (χ0n) is 27.7. The molecule has 1 saturated carbocycles. The highest BCUT2D eigenvalue weighted by Crippen LogP contribution is 2.38. The molecule has 1 aromatic heterocycles. The Hall–Kier alpha value is -5.89. The van der Waals surface area contributed by atoms with E-state index in [1.165, 1.54) is 41.1 Å². The van der Waals surface area contributed by atoms with E-state index in [0.717, 1.165) is 31.7 Å². The number of carbonyl (C=O) groups is 3. The molecule has 1 aliphatic carbocycles. The molecule has 0 spiro atoms. The number of aliphatic carboxylic acids is 1. The molecule has 4 aromatic carbocycles. The van der Waals surface area contributed by atoms with Crippen LogP contribution in [0.25, 0.3) is 22.6 Å². The first-order valence-corrected chi connectivity index (χ1v) is 16.7. The molecule has 0 bridgehead atoms. The van der Waals surface area contributed by atoms with Crippen LogP contribution in [0.1, 0.15) is 59.5 Å². The average Bonchev–Trinajstić information content (AvgIpc) is 3.58. The number of aliphatic hydroxyl groups excluding tert-OH is 1. The number of alkyl halides is 3. The highest BCUT2D eigenvalue weighted by atomic mass is 19.4. The van der Waals surface area contributed by atoms with Gasteiger partial charge in [0.05, 0.1) is 18.7 Å². The van der Waals surface area contributed by atoms with Gasteiger partial charge >= 0.3 is 18.4 Å². The number of fused-ring (bicyclic) bond motifs is 1. The number of para-hydroxylation sites is 2. The monoisotopic (exact) mass is 716 g/mol. The number of carbonyl (C=O) groups excluding carboxylic acids is 2. The molecule has 6 rings (SSSR count). The van der Waals surface area contributed by atoms with Gasteiger partial charge in [0, 0.05) is 16.9 Å². The number of oxazole rings is 1. The molecule has 270 valence electrons. The number of anilines is 2. The summed E-state index contributed by atoms with van der Waals surface area (Å²) in [6.07, 6.45) is -1.03. The fourth-order valence-electron chi connectivity index (χ4n) is 6.13. The quantitative estimate of drug-likeness (QED) is 0.108. The maximum Gasteiger partial charge on any atom is 0.573 e. The third-order valence-corrected chi connectivity index (χ3v) is 8.81. The number of hydrogen-bond acceptors (Lipinski definition) is 7. The Morgan fingerprint density at radius 1 is 0.942 bits per heavy atom. The van der Waals surface area contributed by atoms with Crippen molar-refractivity contribution in [3.63, 3.8) is 0 Å². The Bertz CT molecular complexity index is 2010. The molecule has 0 aliphatic heterocycles. The van der Waals surface area contributed by atoms with E-state index in [4.69, 9.17) is 9.52 Å². The lowest BCUT2D eigenvalue weighted by atomic mass is 9.84. The second kappa shape index (κ2) is 15.6. The van der Waals surface area contributed by atoms with E-state index < -0.39 is 42.7 Å². The zero-order chi connectivity index (χ0) is 36.8. The molecule has 4 N–H and O–H groups in total. The van der Waals surface area contributed by atoms with Gasteiger partial charge < -0.3 is 30.0 Å². The summed E-state index contributed by atoms with van der Waals surface area (Å²) in [4.78, 5) is 43.2. The lowest BCUT2D eigenvalue weighted by Crippen LogP contribution is -2.36. The molecular weight excluding hydrogens is 681 g/mol. The van der Waals surface area contributed by atoms with Gasteiger partial charge in [0.2, 0.25) is 5.89 Å². The Balaban J connectivity index is 1.27. The van der Waals surface area contributed by atoms with Crippen LogP contribution in [0.3, 0.4) is 0 Å². The molecule has 1 fully saturated rings. The molecule has 14 heteroatoms. The van der Waals surface area contributed by atoms with Crippen molar-refractivity contribution in [2.45, 2.75) is 57.0 Å². The Morgan fingerprint density at radius 3 is 2.33 bits per heavy atom. The van der Waals surface area contributed by atoms with Crippen LogP contribution in [-0.4, -0.2) is 52.1 Å². The maximum atomic E-state index is 14.0.